The first kappa shape index (κ1) is 17.6. The predicted molar refractivity (Wildman–Crippen MR) is 104 cm³/mol. The zero-order valence-corrected chi connectivity index (χ0v) is 15.8. The highest BCUT2D eigenvalue weighted by atomic mass is 79.9. The highest BCUT2D eigenvalue weighted by Crippen LogP contribution is 2.19. The molecule has 5 nitrogen and oxygen atoms in total. The maximum absolute atomic E-state index is 12.2. The van der Waals surface area contributed by atoms with Crippen LogP contribution in [-0.4, -0.2) is 16.8 Å². The summed E-state index contributed by atoms with van der Waals surface area (Å²) in [7, 11) is 0. The van der Waals surface area contributed by atoms with E-state index in [2.05, 4.69) is 31.5 Å². The summed E-state index contributed by atoms with van der Waals surface area (Å²) < 4.78 is 0.923. The Balaban J connectivity index is 1.65. The molecular weight excluding hydrogens is 426 g/mol. The number of aromatic nitrogens is 1. The molecule has 0 atom stereocenters. The van der Waals surface area contributed by atoms with E-state index in [4.69, 9.17) is 11.6 Å². The van der Waals surface area contributed by atoms with Gasteiger partial charge in [0, 0.05) is 26.1 Å². The monoisotopic (exact) mass is 435 g/mol. The summed E-state index contributed by atoms with van der Waals surface area (Å²) in [4.78, 5) is 28.5. The standard InChI is InChI=1S/C17H11BrClN3O2S/c18-11-3-7-13(8-4-11)20-16(24)14-9-25-17(21-14)22-15(23)10-1-5-12(19)6-2-10/h1-9H,(H,20,24)(H,21,22,23). The molecule has 3 aromatic rings. The smallest absolute Gasteiger partial charge is 0.275 e. The summed E-state index contributed by atoms with van der Waals surface area (Å²) in [5.74, 6) is -0.656. The Labute approximate surface area is 161 Å². The zero-order chi connectivity index (χ0) is 17.8. The van der Waals surface area contributed by atoms with Gasteiger partial charge >= 0.3 is 0 Å². The van der Waals surface area contributed by atoms with Gasteiger partial charge in [-0.1, -0.05) is 27.5 Å². The number of anilines is 2. The first-order chi connectivity index (χ1) is 12.0. The number of amides is 2. The lowest BCUT2D eigenvalue weighted by Crippen LogP contribution is -2.14. The van der Waals surface area contributed by atoms with Crippen LogP contribution in [0.2, 0.25) is 5.02 Å². The quantitative estimate of drug-likeness (QED) is 0.600. The SMILES string of the molecule is O=C(Nc1nc(C(=O)Nc2ccc(Br)cc2)cs1)c1ccc(Cl)cc1. The van der Waals surface area contributed by atoms with E-state index < -0.39 is 0 Å². The molecule has 0 aliphatic heterocycles. The number of hydrogen-bond acceptors (Lipinski definition) is 4. The van der Waals surface area contributed by atoms with Crippen LogP contribution < -0.4 is 10.6 Å². The minimum atomic E-state index is -0.342. The van der Waals surface area contributed by atoms with Crippen LogP contribution in [0, 0.1) is 0 Å². The van der Waals surface area contributed by atoms with E-state index in [-0.39, 0.29) is 17.5 Å². The van der Waals surface area contributed by atoms with Gasteiger partial charge in [-0.15, -0.1) is 11.3 Å². The number of carbonyl (C=O) groups is 2. The Kier molecular flexibility index (Phi) is 5.47. The largest absolute Gasteiger partial charge is 0.321 e. The van der Waals surface area contributed by atoms with Crippen LogP contribution in [0.3, 0.4) is 0 Å². The normalized spacial score (nSPS) is 10.3. The van der Waals surface area contributed by atoms with Crippen molar-refractivity contribution < 1.29 is 9.59 Å². The van der Waals surface area contributed by atoms with E-state index in [1.54, 1.807) is 41.8 Å². The molecule has 1 heterocycles. The third-order valence-electron chi connectivity index (χ3n) is 3.17. The van der Waals surface area contributed by atoms with Crippen molar-refractivity contribution in [2.45, 2.75) is 0 Å². The Hall–Kier alpha value is -2.22. The Morgan fingerprint density at radius 2 is 1.64 bits per heavy atom. The molecule has 2 N–H and O–H groups in total. The minimum absolute atomic E-state index is 0.235. The van der Waals surface area contributed by atoms with Crippen molar-refractivity contribution >= 4 is 61.5 Å². The van der Waals surface area contributed by atoms with Gasteiger partial charge in [-0.2, -0.15) is 0 Å². The lowest BCUT2D eigenvalue weighted by Gasteiger charge is -2.03. The summed E-state index contributed by atoms with van der Waals surface area (Å²) >= 11 is 10.3. The number of carbonyl (C=O) groups excluding carboxylic acids is 2. The Morgan fingerprint density at radius 3 is 2.32 bits per heavy atom. The fourth-order valence-electron chi connectivity index (χ4n) is 1.93. The molecule has 3 rings (SSSR count). The van der Waals surface area contributed by atoms with Crippen molar-refractivity contribution in [2.24, 2.45) is 0 Å². The number of halogens is 2. The molecule has 0 aliphatic rings. The number of nitrogens with one attached hydrogen (secondary N) is 2. The first-order valence-corrected chi connectivity index (χ1v) is 9.16. The summed E-state index contributed by atoms with van der Waals surface area (Å²) in [5, 5.41) is 7.90. The second-order valence-electron chi connectivity index (χ2n) is 4.96. The number of rotatable bonds is 4. The van der Waals surface area contributed by atoms with Gasteiger partial charge in [0.15, 0.2) is 5.13 Å². The lowest BCUT2D eigenvalue weighted by molar-refractivity contribution is 0.101. The molecule has 0 aliphatic carbocycles. The van der Waals surface area contributed by atoms with Crippen LogP contribution in [0.5, 0.6) is 0 Å². The summed E-state index contributed by atoms with van der Waals surface area (Å²) in [5.41, 5.74) is 1.35. The summed E-state index contributed by atoms with van der Waals surface area (Å²) in [6, 6.07) is 13.7. The fourth-order valence-corrected chi connectivity index (χ4v) is 3.01. The average Bonchev–Trinajstić information content (AvgIpc) is 3.06. The molecule has 0 saturated carbocycles. The first-order valence-electron chi connectivity index (χ1n) is 7.10. The van der Waals surface area contributed by atoms with Crippen LogP contribution in [0.1, 0.15) is 20.8 Å². The Bertz CT molecular complexity index is 910. The molecule has 0 unspecified atom stereocenters. The number of thiazole rings is 1. The maximum atomic E-state index is 12.2. The van der Waals surface area contributed by atoms with Crippen molar-refractivity contribution in [3.05, 3.63) is 74.7 Å². The number of nitrogens with zero attached hydrogens (tertiary/aromatic N) is 1. The van der Waals surface area contributed by atoms with E-state index in [9.17, 15) is 9.59 Å². The molecule has 2 aromatic carbocycles. The van der Waals surface area contributed by atoms with Crippen molar-refractivity contribution in [1.29, 1.82) is 0 Å². The number of hydrogen-bond donors (Lipinski definition) is 2. The third kappa shape index (κ3) is 4.66. The highest BCUT2D eigenvalue weighted by molar-refractivity contribution is 9.10. The van der Waals surface area contributed by atoms with Crippen LogP contribution in [-0.2, 0) is 0 Å². The van der Waals surface area contributed by atoms with Crippen molar-refractivity contribution in [2.75, 3.05) is 10.6 Å². The topological polar surface area (TPSA) is 71.1 Å². The van der Waals surface area contributed by atoms with Crippen LogP contribution in [0.4, 0.5) is 10.8 Å². The Morgan fingerprint density at radius 1 is 0.960 bits per heavy atom. The molecule has 0 saturated heterocycles. The third-order valence-corrected chi connectivity index (χ3v) is 4.70. The predicted octanol–water partition coefficient (Wildman–Crippen LogP) is 5.06. The second-order valence-corrected chi connectivity index (χ2v) is 7.17. The van der Waals surface area contributed by atoms with Crippen molar-refractivity contribution in [1.82, 2.24) is 4.98 Å². The van der Waals surface area contributed by atoms with Gasteiger partial charge in [-0.05, 0) is 48.5 Å². The molecule has 8 heteroatoms. The van der Waals surface area contributed by atoms with E-state index in [0.717, 1.165) is 4.47 Å². The van der Waals surface area contributed by atoms with Gasteiger partial charge in [-0.25, -0.2) is 4.98 Å². The van der Waals surface area contributed by atoms with Crippen LogP contribution in [0.25, 0.3) is 0 Å². The molecule has 0 radical (unpaired) electrons. The molecule has 0 spiro atoms. The van der Waals surface area contributed by atoms with Gasteiger partial charge in [0.2, 0.25) is 0 Å². The lowest BCUT2D eigenvalue weighted by atomic mass is 10.2. The van der Waals surface area contributed by atoms with E-state index in [1.807, 2.05) is 12.1 Å². The van der Waals surface area contributed by atoms with Crippen molar-refractivity contribution in [3.63, 3.8) is 0 Å². The van der Waals surface area contributed by atoms with E-state index in [0.29, 0.717) is 21.4 Å². The van der Waals surface area contributed by atoms with Gasteiger partial charge in [0.25, 0.3) is 11.8 Å². The molecule has 126 valence electrons. The highest BCUT2D eigenvalue weighted by Gasteiger charge is 2.13. The average molecular weight is 437 g/mol. The minimum Gasteiger partial charge on any atom is -0.321 e. The van der Waals surface area contributed by atoms with Gasteiger partial charge in [0.1, 0.15) is 5.69 Å². The van der Waals surface area contributed by atoms with Gasteiger partial charge in [0.05, 0.1) is 0 Å². The van der Waals surface area contributed by atoms with Gasteiger partial charge in [-0.3, -0.25) is 14.9 Å². The molecule has 1 aromatic heterocycles. The molecule has 25 heavy (non-hydrogen) atoms. The fraction of sp³-hybridized carbons (Fsp3) is 0. The zero-order valence-electron chi connectivity index (χ0n) is 12.6. The summed E-state index contributed by atoms with van der Waals surface area (Å²) in [6.07, 6.45) is 0. The van der Waals surface area contributed by atoms with Crippen LogP contribution >= 0.6 is 38.9 Å². The van der Waals surface area contributed by atoms with E-state index >= 15 is 0 Å². The summed E-state index contributed by atoms with van der Waals surface area (Å²) in [6.45, 7) is 0. The molecule has 0 fully saturated rings. The van der Waals surface area contributed by atoms with Crippen LogP contribution in [0.15, 0.2) is 58.4 Å². The second kappa shape index (κ2) is 7.77. The molecule has 0 bridgehead atoms. The van der Waals surface area contributed by atoms with Crippen molar-refractivity contribution in [3.8, 4) is 0 Å². The van der Waals surface area contributed by atoms with E-state index in [1.165, 1.54) is 11.3 Å². The molecular formula is C17H11BrClN3O2S. The van der Waals surface area contributed by atoms with Gasteiger partial charge < -0.3 is 5.32 Å². The molecule has 2 amide bonds. The maximum Gasteiger partial charge on any atom is 0.275 e. The number of benzene rings is 2.